The first kappa shape index (κ1) is 44.7. The number of nitrogens with two attached hydrogens (primary N) is 1. The molecule has 4 aromatic rings. The summed E-state index contributed by atoms with van der Waals surface area (Å²) in [7, 11) is 1.93. The van der Waals surface area contributed by atoms with Gasteiger partial charge in [-0.15, -0.1) is 0 Å². The van der Waals surface area contributed by atoms with E-state index in [1.165, 1.54) is 4.90 Å². The van der Waals surface area contributed by atoms with Crippen molar-refractivity contribution >= 4 is 46.7 Å². The Morgan fingerprint density at radius 3 is 2.27 bits per heavy atom. The molecular weight excluding hydrogens is 817 g/mol. The van der Waals surface area contributed by atoms with Gasteiger partial charge in [-0.1, -0.05) is 18.2 Å². The molecule has 7 rings (SSSR count). The van der Waals surface area contributed by atoms with Crippen LogP contribution in [-0.2, 0) is 20.9 Å². The van der Waals surface area contributed by atoms with Crippen LogP contribution in [0.3, 0.4) is 0 Å². The van der Waals surface area contributed by atoms with Gasteiger partial charge in [0.2, 0.25) is 11.8 Å². The lowest BCUT2D eigenvalue weighted by Gasteiger charge is -2.40. The van der Waals surface area contributed by atoms with E-state index in [4.69, 9.17) is 15.9 Å². The van der Waals surface area contributed by atoms with Crippen LogP contribution in [-0.4, -0.2) is 114 Å². The molecule has 3 aromatic carbocycles. The van der Waals surface area contributed by atoms with Gasteiger partial charge in [0.1, 0.15) is 28.7 Å². The van der Waals surface area contributed by atoms with Crippen LogP contribution in [0.5, 0.6) is 11.5 Å². The number of hydrogen-bond acceptors (Lipinski definition) is 13. The Hall–Kier alpha value is -7.34. The smallest absolute Gasteiger partial charge is 0.328 e. The van der Waals surface area contributed by atoms with Crippen LogP contribution in [0, 0.1) is 11.3 Å². The molecular formula is C46H54N12O6. The lowest BCUT2D eigenvalue weighted by molar-refractivity contribution is -0.133. The Morgan fingerprint density at radius 2 is 1.58 bits per heavy atom. The molecule has 0 aliphatic carbocycles. The summed E-state index contributed by atoms with van der Waals surface area (Å²) >= 11 is 0. The first-order valence-electron chi connectivity index (χ1n) is 21.5. The number of para-hydroxylation sites is 1. The molecule has 3 saturated heterocycles. The number of primary amides is 1. The topological polar surface area (TPSA) is 240 Å². The molecule has 0 saturated carbocycles. The first-order chi connectivity index (χ1) is 31.0. The summed E-state index contributed by atoms with van der Waals surface area (Å²) in [5, 5.41) is 24.0. The van der Waals surface area contributed by atoms with E-state index in [2.05, 4.69) is 36.6 Å². The van der Waals surface area contributed by atoms with Crippen LogP contribution >= 0.6 is 0 Å². The number of ether oxygens (including phenoxy) is 1. The molecule has 3 aliphatic rings. The molecule has 4 heterocycles. The zero-order valence-electron chi connectivity index (χ0n) is 35.8. The number of carbonyl (C=O) groups is 5. The van der Waals surface area contributed by atoms with E-state index in [-0.39, 0.29) is 53.9 Å². The van der Waals surface area contributed by atoms with Crippen molar-refractivity contribution < 1.29 is 28.7 Å². The third-order valence-electron chi connectivity index (χ3n) is 11.5. The molecule has 1 atom stereocenters. The zero-order valence-corrected chi connectivity index (χ0v) is 35.8. The van der Waals surface area contributed by atoms with Crippen LogP contribution < -0.4 is 42.0 Å². The largest absolute Gasteiger partial charge is 0.457 e. The number of amides is 6. The minimum Gasteiger partial charge on any atom is -0.457 e. The Labute approximate surface area is 371 Å². The molecule has 334 valence electrons. The van der Waals surface area contributed by atoms with Gasteiger partial charge >= 0.3 is 6.03 Å². The molecule has 0 radical (unpaired) electrons. The minimum atomic E-state index is -0.693. The van der Waals surface area contributed by atoms with Crippen molar-refractivity contribution in [3.63, 3.8) is 0 Å². The number of aromatic nitrogens is 2. The highest BCUT2D eigenvalue weighted by atomic mass is 16.5. The summed E-state index contributed by atoms with van der Waals surface area (Å²) in [6.45, 7) is 4.03. The lowest BCUT2D eigenvalue weighted by atomic mass is 9.86. The number of nitrogens with zero attached hydrogens (tertiary/aromatic N) is 5. The van der Waals surface area contributed by atoms with Crippen LogP contribution in [0.2, 0.25) is 0 Å². The number of nitrogens with one attached hydrogen (secondary N) is 6. The molecule has 18 nitrogen and oxygen atoms in total. The van der Waals surface area contributed by atoms with Crippen LogP contribution in [0.4, 0.5) is 16.2 Å². The van der Waals surface area contributed by atoms with E-state index in [9.17, 15) is 24.0 Å². The van der Waals surface area contributed by atoms with Gasteiger partial charge in [0.15, 0.2) is 0 Å². The van der Waals surface area contributed by atoms with Gasteiger partial charge in [0.05, 0.1) is 30.3 Å². The van der Waals surface area contributed by atoms with E-state index < -0.39 is 11.9 Å². The highest BCUT2D eigenvalue weighted by Gasteiger charge is 2.32. The SMILES string of the molecule is CN(CCC(=O)N1CCC([C@@H]2CCN/C(=C(/C(=N)c3ccc(Oc4ccccc4)cc3)C(N)=O)N2)CC1)Cc1ncc(NCCNC(=O)c2ccc(N3CCC(=O)NC3=O)cc2)cn1. The second kappa shape index (κ2) is 21.2. The maximum Gasteiger partial charge on any atom is 0.328 e. The monoisotopic (exact) mass is 870 g/mol. The number of piperidine rings is 1. The van der Waals surface area contributed by atoms with E-state index in [1.54, 1.807) is 60.9 Å². The van der Waals surface area contributed by atoms with Gasteiger partial charge in [0.25, 0.3) is 11.8 Å². The van der Waals surface area contributed by atoms with Crippen molar-refractivity contribution in [3.05, 3.63) is 120 Å². The van der Waals surface area contributed by atoms with Crippen LogP contribution in [0.15, 0.2) is 103 Å². The number of anilines is 2. The second-order valence-electron chi connectivity index (χ2n) is 16.0. The molecule has 3 fully saturated rings. The quantitative estimate of drug-likeness (QED) is 0.0460. The molecule has 0 bridgehead atoms. The molecule has 64 heavy (non-hydrogen) atoms. The van der Waals surface area contributed by atoms with Crippen LogP contribution in [0.1, 0.15) is 53.8 Å². The Bertz CT molecular complexity index is 2330. The van der Waals surface area contributed by atoms with Gasteiger partial charge in [0, 0.05) is 81.5 Å². The fraction of sp³-hybridized carbons (Fsp3) is 0.348. The Balaban J connectivity index is 0.796. The normalized spacial score (nSPS) is 17.4. The maximum absolute atomic E-state index is 13.3. The predicted octanol–water partition coefficient (Wildman–Crippen LogP) is 3.33. The summed E-state index contributed by atoms with van der Waals surface area (Å²) in [5.41, 5.74) is 8.27. The third kappa shape index (κ3) is 11.8. The number of imide groups is 1. The van der Waals surface area contributed by atoms with Crippen LogP contribution in [0.25, 0.3) is 0 Å². The molecule has 8 N–H and O–H groups in total. The average Bonchev–Trinajstić information content (AvgIpc) is 3.31. The van der Waals surface area contributed by atoms with Gasteiger partial charge < -0.3 is 36.6 Å². The van der Waals surface area contributed by atoms with Crippen molar-refractivity contribution in [1.29, 1.82) is 5.41 Å². The maximum atomic E-state index is 13.3. The molecule has 3 aliphatic heterocycles. The first-order valence-corrected chi connectivity index (χ1v) is 21.5. The van der Waals surface area contributed by atoms with Gasteiger partial charge in [-0.05, 0) is 92.9 Å². The van der Waals surface area contributed by atoms with E-state index in [0.717, 1.165) is 19.3 Å². The van der Waals surface area contributed by atoms with Crippen molar-refractivity contribution in [2.75, 3.05) is 63.1 Å². The highest BCUT2D eigenvalue weighted by molar-refractivity contribution is 6.26. The molecule has 0 unspecified atom stereocenters. The van der Waals surface area contributed by atoms with E-state index in [0.29, 0.717) is 97.9 Å². The molecule has 0 spiro atoms. The zero-order chi connectivity index (χ0) is 45.0. The highest BCUT2D eigenvalue weighted by Crippen LogP contribution is 2.27. The summed E-state index contributed by atoms with van der Waals surface area (Å²) < 4.78 is 5.88. The second-order valence-corrected chi connectivity index (χ2v) is 16.0. The number of likely N-dealkylation sites (tertiary alicyclic amines) is 1. The summed E-state index contributed by atoms with van der Waals surface area (Å²) in [5.74, 6) is 1.53. The average molecular weight is 871 g/mol. The standard InChI is InChI=1S/C46H54N12O6/c1-56(29-38-52-27-33(28-53-38)49-21-22-51-45(62)32-7-11-34(12-8-32)58-26-18-39(59)55-46(58)63)23-19-40(60)57-24-16-30(17-25-57)37-15-20-50-44(54-37)41(43(48)61)42(47)31-9-13-36(14-10-31)64-35-5-3-2-4-6-35/h2-14,27-28,30,37,47,49-50,54H,15-26,29H2,1H3,(H2,48,61)(H,51,62)(H,55,59,63)/b44-41+,47-42?/t37-/m0/s1. The Kier molecular flexibility index (Phi) is 14.8. The summed E-state index contributed by atoms with van der Waals surface area (Å²) in [6, 6.07) is 22.6. The number of carbonyl (C=O) groups excluding carboxylic acids is 5. The third-order valence-corrected chi connectivity index (χ3v) is 11.5. The summed E-state index contributed by atoms with van der Waals surface area (Å²) in [4.78, 5) is 76.5. The molecule has 18 heteroatoms. The number of rotatable bonds is 17. The lowest BCUT2D eigenvalue weighted by Crippen LogP contribution is -2.51. The Morgan fingerprint density at radius 1 is 0.891 bits per heavy atom. The van der Waals surface area contributed by atoms with E-state index >= 15 is 0 Å². The molecule has 6 amide bonds. The van der Waals surface area contributed by atoms with Crippen molar-refractivity contribution in [2.45, 2.75) is 44.7 Å². The van der Waals surface area contributed by atoms with Gasteiger partial charge in [-0.25, -0.2) is 14.8 Å². The predicted molar refractivity (Wildman–Crippen MR) is 241 cm³/mol. The van der Waals surface area contributed by atoms with Gasteiger partial charge in [-0.2, -0.15) is 0 Å². The fourth-order valence-corrected chi connectivity index (χ4v) is 7.94. The minimum absolute atomic E-state index is 0.0194. The number of urea groups is 1. The molecule has 1 aromatic heterocycles. The van der Waals surface area contributed by atoms with E-state index in [1.807, 2.05) is 47.2 Å². The van der Waals surface area contributed by atoms with Crippen molar-refractivity contribution in [3.8, 4) is 11.5 Å². The fourth-order valence-electron chi connectivity index (χ4n) is 7.94. The van der Waals surface area contributed by atoms with Crippen molar-refractivity contribution in [2.24, 2.45) is 11.7 Å². The van der Waals surface area contributed by atoms with Crippen molar-refractivity contribution in [1.82, 2.24) is 41.0 Å². The van der Waals surface area contributed by atoms with Gasteiger partial charge in [-0.3, -0.25) is 39.7 Å². The number of benzene rings is 3. The number of hydrogen-bond donors (Lipinski definition) is 7. The summed E-state index contributed by atoms with van der Waals surface area (Å²) in [6.07, 6.45) is 6.44.